The molecule has 24 heavy (non-hydrogen) atoms. The van der Waals surface area contributed by atoms with Gasteiger partial charge in [0.1, 0.15) is 11.6 Å². The zero-order valence-corrected chi connectivity index (χ0v) is 14.3. The van der Waals surface area contributed by atoms with Crippen molar-refractivity contribution in [3.63, 3.8) is 0 Å². The number of benzene rings is 1. The first-order valence-electron chi connectivity index (χ1n) is 7.95. The predicted molar refractivity (Wildman–Crippen MR) is 91.7 cm³/mol. The monoisotopic (exact) mass is 349 g/mol. The zero-order chi connectivity index (χ0) is 16.9. The van der Waals surface area contributed by atoms with Gasteiger partial charge in [0, 0.05) is 6.61 Å². The van der Waals surface area contributed by atoms with Gasteiger partial charge in [-0.1, -0.05) is 29.8 Å². The Morgan fingerprint density at radius 1 is 1.46 bits per heavy atom. The van der Waals surface area contributed by atoms with E-state index in [0.29, 0.717) is 23.1 Å². The zero-order valence-electron chi connectivity index (χ0n) is 13.5. The lowest BCUT2D eigenvalue weighted by Gasteiger charge is -2.11. The van der Waals surface area contributed by atoms with Crippen LogP contribution >= 0.6 is 11.6 Å². The van der Waals surface area contributed by atoms with Gasteiger partial charge in [0.2, 0.25) is 0 Å². The fraction of sp³-hybridized carbons (Fsp3) is 0.412. The maximum absolute atomic E-state index is 12.2. The standard InChI is InChI=1S/C17H20ClN3O3/c1-12-16(18)17(21(20-12)13-6-3-2-4-7-13)19-15(22)11-23-10-14-8-5-9-24-14/h2-4,6-7,14H,5,8-11H2,1H3,(H,19,22). The SMILES string of the molecule is Cc1nn(-c2ccccc2)c(NC(=O)COCC2CCCO2)c1Cl. The average Bonchev–Trinajstić information content (AvgIpc) is 3.20. The van der Waals surface area contributed by atoms with Gasteiger partial charge in [0.05, 0.1) is 24.1 Å². The Hall–Kier alpha value is -1.89. The van der Waals surface area contributed by atoms with Gasteiger partial charge in [-0.3, -0.25) is 4.79 Å². The number of carbonyl (C=O) groups is 1. The van der Waals surface area contributed by atoms with E-state index in [9.17, 15) is 4.79 Å². The Kier molecular flexibility index (Phi) is 5.50. The summed E-state index contributed by atoms with van der Waals surface area (Å²) in [5.41, 5.74) is 1.47. The van der Waals surface area contributed by atoms with Crippen LogP contribution in [0.3, 0.4) is 0 Å². The first kappa shape index (κ1) is 17.0. The molecular weight excluding hydrogens is 330 g/mol. The second-order valence-corrected chi connectivity index (χ2v) is 6.07. The van der Waals surface area contributed by atoms with Crippen molar-refractivity contribution in [1.29, 1.82) is 0 Å². The molecule has 1 atom stereocenters. The van der Waals surface area contributed by atoms with E-state index in [1.807, 2.05) is 30.3 Å². The van der Waals surface area contributed by atoms with Crippen molar-refractivity contribution in [1.82, 2.24) is 9.78 Å². The Labute approximate surface area is 145 Å². The number of nitrogens with one attached hydrogen (secondary N) is 1. The van der Waals surface area contributed by atoms with Gasteiger partial charge in [-0.25, -0.2) is 4.68 Å². The molecule has 1 aliphatic heterocycles. The summed E-state index contributed by atoms with van der Waals surface area (Å²) in [7, 11) is 0. The summed E-state index contributed by atoms with van der Waals surface area (Å²) in [4.78, 5) is 12.2. The molecule has 0 saturated carbocycles. The molecule has 1 unspecified atom stereocenters. The van der Waals surface area contributed by atoms with E-state index in [-0.39, 0.29) is 18.6 Å². The smallest absolute Gasteiger partial charge is 0.251 e. The van der Waals surface area contributed by atoms with Gasteiger partial charge in [0.25, 0.3) is 5.91 Å². The number of carbonyl (C=O) groups excluding carboxylic acids is 1. The fourth-order valence-corrected chi connectivity index (χ4v) is 2.76. The molecule has 1 amide bonds. The Bertz CT molecular complexity index is 697. The molecule has 1 aromatic carbocycles. The predicted octanol–water partition coefficient (Wildman–Crippen LogP) is 2.97. The highest BCUT2D eigenvalue weighted by atomic mass is 35.5. The van der Waals surface area contributed by atoms with Gasteiger partial charge in [-0.05, 0) is 31.9 Å². The molecule has 2 aromatic rings. The number of ether oxygens (including phenoxy) is 2. The molecule has 1 aromatic heterocycles. The minimum atomic E-state index is -0.271. The average molecular weight is 350 g/mol. The summed E-state index contributed by atoms with van der Waals surface area (Å²) >= 11 is 6.29. The Balaban J connectivity index is 1.64. The third-order valence-electron chi connectivity index (χ3n) is 3.81. The highest BCUT2D eigenvalue weighted by Crippen LogP contribution is 2.28. The van der Waals surface area contributed by atoms with Crippen LogP contribution < -0.4 is 5.32 Å². The summed E-state index contributed by atoms with van der Waals surface area (Å²) in [6, 6.07) is 9.50. The van der Waals surface area contributed by atoms with Gasteiger partial charge in [-0.2, -0.15) is 5.10 Å². The second-order valence-electron chi connectivity index (χ2n) is 5.69. The van der Waals surface area contributed by atoms with Crippen molar-refractivity contribution in [2.45, 2.75) is 25.9 Å². The van der Waals surface area contributed by atoms with E-state index < -0.39 is 0 Å². The minimum absolute atomic E-state index is 0.0464. The van der Waals surface area contributed by atoms with E-state index in [4.69, 9.17) is 21.1 Å². The first-order chi connectivity index (χ1) is 11.6. The number of hydrogen-bond donors (Lipinski definition) is 1. The van der Waals surface area contributed by atoms with Crippen LogP contribution in [0.2, 0.25) is 5.02 Å². The van der Waals surface area contributed by atoms with E-state index in [2.05, 4.69) is 10.4 Å². The molecule has 7 heteroatoms. The van der Waals surface area contributed by atoms with E-state index in [1.165, 1.54) is 0 Å². The molecule has 1 saturated heterocycles. The molecule has 2 heterocycles. The second kappa shape index (κ2) is 7.79. The van der Waals surface area contributed by atoms with Crippen LogP contribution in [-0.2, 0) is 14.3 Å². The molecule has 1 aliphatic rings. The molecule has 0 aliphatic carbocycles. The molecule has 0 radical (unpaired) electrons. The Morgan fingerprint density at radius 3 is 2.96 bits per heavy atom. The number of halogens is 1. The summed E-state index contributed by atoms with van der Waals surface area (Å²) in [6.45, 7) is 2.95. The maximum atomic E-state index is 12.2. The van der Waals surface area contributed by atoms with Crippen molar-refractivity contribution in [2.24, 2.45) is 0 Å². The number of hydrogen-bond acceptors (Lipinski definition) is 4. The number of anilines is 1. The quantitative estimate of drug-likeness (QED) is 0.870. The van der Waals surface area contributed by atoms with Crippen LogP contribution in [0, 0.1) is 6.92 Å². The molecule has 3 rings (SSSR count). The molecule has 128 valence electrons. The third kappa shape index (κ3) is 3.95. The van der Waals surface area contributed by atoms with Crippen LogP contribution in [0.25, 0.3) is 5.69 Å². The van der Waals surface area contributed by atoms with Gasteiger partial charge < -0.3 is 14.8 Å². The summed E-state index contributed by atoms with van der Waals surface area (Å²) in [5, 5.41) is 7.60. The van der Waals surface area contributed by atoms with Gasteiger partial charge >= 0.3 is 0 Å². The van der Waals surface area contributed by atoms with E-state index >= 15 is 0 Å². The molecule has 0 spiro atoms. The van der Waals surface area contributed by atoms with Crippen LogP contribution in [0.15, 0.2) is 30.3 Å². The van der Waals surface area contributed by atoms with Gasteiger partial charge in [0.15, 0.2) is 5.82 Å². The van der Waals surface area contributed by atoms with Crippen molar-refractivity contribution in [3.05, 3.63) is 41.0 Å². The van der Waals surface area contributed by atoms with Crippen LogP contribution in [0.5, 0.6) is 0 Å². The lowest BCUT2D eigenvalue weighted by atomic mass is 10.2. The molecule has 1 fully saturated rings. The topological polar surface area (TPSA) is 65.4 Å². The number of rotatable bonds is 6. The maximum Gasteiger partial charge on any atom is 0.251 e. The number of aromatic nitrogens is 2. The molecule has 6 nitrogen and oxygen atoms in total. The summed E-state index contributed by atoms with van der Waals surface area (Å²) in [5.74, 6) is 0.179. The molecule has 0 bridgehead atoms. The first-order valence-corrected chi connectivity index (χ1v) is 8.32. The van der Waals surface area contributed by atoms with Crippen LogP contribution in [0.1, 0.15) is 18.5 Å². The van der Waals surface area contributed by atoms with Crippen molar-refractivity contribution >= 4 is 23.3 Å². The minimum Gasteiger partial charge on any atom is -0.376 e. The van der Waals surface area contributed by atoms with Crippen molar-refractivity contribution < 1.29 is 14.3 Å². The number of amides is 1. The highest BCUT2D eigenvalue weighted by Gasteiger charge is 2.19. The summed E-state index contributed by atoms with van der Waals surface area (Å²) < 4.78 is 12.5. The van der Waals surface area contributed by atoms with Crippen LogP contribution in [0.4, 0.5) is 5.82 Å². The van der Waals surface area contributed by atoms with Crippen molar-refractivity contribution in [3.8, 4) is 5.69 Å². The van der Waals surface area contributed by atoms with Crippen molar-refractivity contribution in [2.75, 3.05) is 25.1 Å². The Morgan fingerprint density at radius 2 is 2.25 bits per heavy atom. The third-order valence-corrected chi connectivity index (χ3v) is 4.26. The molecule has 1 N–H and O–H groups in total. The number of para-hydroxylation sites is 1. The number of nitrogens with zero attached hydrogens (tertiary/aromatic N) is 2. The lowest BCUT2D eigenvalue weighted by Crippen LogP contribution is -2.23. The largest absolute Gasteiger partial charge is 0.376 e. The lowest BCUT2D eigenvalue weighted by molar-refractivity contribution is -0.121. The summed E-state index contributed by atoms with van der Waals surface area (Å²) in [6.07, 6.45) is 2.12. The van der Waals surface area contributed by atoms with E-state index in [1.54, 1.807) is 11.6 Å². The highest BCUT2D eigenvalue weighted by molar-refractivity contribution is 6.34. The number of aryl methyl sites for hydroxylation is 1. The van der Waals surface area contributed by atoms with Gasteiger partial charge in [-0.15, -0.1) is 0 Å². The fourth-order valence-electron chi connectivity index (χ4n) is 2.60. The van der Waals surface area contributed by atoms with E-state index in [0.717, 1.165) is 25.1 Å². The molecular formula is C17H20ClN3O3. The van der Waals surface area contributed by atoms with Crippen LogP contribution in [-0.4, -0.2) is 41.6 Å². The normalized spacial score (nSPS) is 17.2.